The van der Waals surface area contributed by atoms with Crippen LogP contribution in [0.1, 0.15) is 22.5 Å². The largest absolute Gasteiger partial charge is 0.480 e. The van der Waals surface area contributed by atoms with Crippen molar-refractivity contribution in [3.63, 3.8) is 0 Å². The molecule has 2 N–H and O–H groups in total. The Morgan fingerprint density at radius 1 is 1.24 bits per heavy atom. The second kappa shape index (κ2) is 7.99. The van der Waals surface area contributed by atoms with E-state index >= 15 is 0 Å². The van der Waals surface area contributed by atoms with Crippen LogP contribution in [-0.4, -0.2) is 36.2 Å². The molecule has 1 fully saturated rings. The highest BCUT2D eigenvalue weighted by molar-refractivity contribution is 7.17. The normalized spacial score (nSPS) is 18.5. The topological polar surface area (TPSA) is 75.6 Å². The molecule has 7 heteroatoms. The van der Waals surface area contributed by atoms with Gasteiger partial charge in [-0.2, -0.15) is 0 Å². The Morgan fingerprint density at radius 3 is 2.64 bits per heavy atom. The number of carbonyl (C=O) groups excluding carboxylic acids is 1. The number of thiophene rings is 1. The first-order valence-electron chi connectivity index (χ1n) is 8.02. The zero-order valence-corrected chi connectivity index (χ0v) is 15.0. The zero-order chi connectivity index (χ0) is 17.8. The van der Waals surface area contributed by atoms with Crippen LogP contribution in [0.5, 0.6) is 0 Å². The summed E-state index contributed by atoms with van der Waals surface area (Å²) >= 11 is 7.21. The minimum Gasteiger partial charge on any atom is -0.480 e. The number of halogens is 1. The summed E-state index contributed by atoms with van der Waals surface area (Å²) in [6, 6.07) is 9.97. The average molecular weight is 380 g/mol. The molecule has 1 saturated heterocycles. The maximum Gasteiger partial charge on any atom is 0.326 e. The number of carbonyl (C=O) groups is 2. The van der Waals surface area contributed by atoms with Crippen molar-refractivity contribution in [2.45, 2.75) is 18.9 Å². The molecule has 25 heavy (non-hydrogen) atoms. The van der Waals surface area contributed by atoms with E-state index in [9.17, 15) is 14.7 Å². The fraction of sp³-hybridized carbons (Fsp3) is 0.333. The maximum absolute atomic E-state index is 12.5. The SMILES string of the molecule is O=C(NC(C(=O)O)C1CCCOC1)c1ccc(-c2ccc(Cl)cc2)s1. The fourth-order valence-corrected chi connectivity index (χ4v) is 3.89. The van der Waals surface area contributed by atoms with Gasteiger partial charge in [0.15, 0.2) is 0 Å². The van der Waals surface area contributed by atoms with Crippen LogP contribution in [0, 0.1) is 5.92 Å². The van der Waals surface area contributed by atoms with Crippen LogP contribution < -0.4 is 5.32 Å². The molecule has 2 unspecified atom stereocenters. The molecule has 1 amide bonds. The minimum atomic E-state index is -1.03. The third-order valence-corrected chi connectivity index (χ3v) is 5.56. The number of carboxylic acids is 1. The quantitative estimate of drug-likeness (QED) is 0.830. The summed E-state index contributed by atoms with van der Waals surface area (Å²) in [5.41, 5.74) is 0.962. The Bertz CT molecular complexity index is 753. The molecule has 2 heterocycles. The predicted molar refractivity (Wildman–Crippen MR) is 97.2 cm³/mol. The van der Waals surface area contributed by atoms with Crippen molar-refractivity contribution in [1.29, 1.82) is 0 Å². The first kappa shape index (κ1) is 17.9. The van der Waals surface area contributed by atoms with Crippen molar-refractivity contribution in [2.75, 3.05) is 13.2 Å². The van der Waals surface area contributed by atoms with Gasteiger partial charge in [-0.1, -0.05) is 23.7 Å². The van der Waals surface area contributed by atoms with E-state index in [2.05, 4.69) is 5.32 Å². The van der Waals surface area contributed by atoms with Gasteiger partial charge in [0.1, 0.15) is 6.04 Å². The molecule has 2 atom stereocenters. The van der Waals surface area contributed by atoms with Gasteiger partial charge < -0.3 is 15.2 Å². The third-order valence-electron chi connectivity index (χ3n) is 4.18. The van der Waals surface area contributed by atoms with Crippen molar-refractivity contribution in [3.05, 3.63) is 46.3 Å². The Kier molecular flexibility index (Phi) is 5.73. The zero-order valence-electron chi connectivity index (χ0n) is 13.4. The molecule has 1 aliphatic rings. The summed E-state index contributed by atoms with van der Waals surface area (Å²) in [5.74, 6) is -1.60. The Balaban J connectivity index is 1.71. The number of carboxylic acid groups (broad SMARTS) is 1. The molecular formula is C18H18ClNO4S. The molecule has 3 rings (SSSR count). The van der Waals surface area contributed by atoms with E-state index in [0.717, 1.165) is 23.3 Å². The number of hydrogen-bond acceptors (Lipinski definition) is 4. The fourth-order valence-electron chi connectivity index (χ4n) is 2.85. The van der Waals surface area contributed by atoms with E-state index in [1.165, 1.54) is 11.3 Å². The number of amides is 1. The number of benzene rings is 1. The molecule has 2 aromatic rings. The standard InChI is InChI=1S/C18H18ClNO4S/c19-13-5-3-11(4-6-13)14-7-8-15(25-14)17(21)20-16(18(22)23)12-2-1-9-24-10-12/h3-8,12,16H,1-2,9-10H2,(H,20,21)(H,22,23). The summed E-state index contributed by atoms with van der Waals surface area (Å²) in [5, 5.41) is 12.7. The molecule has 0 bridgehead atoms. The molecule has 0 saturated carbocycles. The van der Waals surface area contributed by atoms with Gasteiger partial charge in [-0.15, -0.1) is 11.3 Å². The van der Waals surface area contributed by atoms with E-state index < -0.39 is 12.0 Å². The molecule has 1 aliphatic heterocycles. The second-order valence-electron chi connectivity index (χ2n) is 5.94. The number of nitrogens with one attached hydrogen (secondary N) is 1. The number of hydrogen-bond donors (Lipinski definition) is 2. The summed E-state index contributed by atoms with van der Waals surface area (Å²) in [4.78, 5) is 25.4. The van der Waals surface area contributed by atoms with Gasteiger partial charge in [-0.25, -0.2) is 4.79 Å². The number of aliphatic carboxylic acids is 1. The Hall–Kier alpha value is -1.89. The average Bonchev–Trinajstić information content (AvgIpc) is 3.11. The van der Waals surface area contributed by atoms with Crippen molar-refractivity contribution in [1.82, 2.24) is 5.32 Å². The first-order valence-corrected chi connectivity index (χ1v) is 9.21. The highest BCUT2D eigenvalue weighted by Gasteiger charge is 2.31. The van der Waals surface area contributed by atoms with E-state index in [0.29, 0.717) is 23.1 Å². The molecule has 0 aliphatic carbocycles. The van der Waals surface area contributed by atoms with Crippen LogP contribution in [0.4, 0.5) is 0 Å². The van der Waals surface area contributed by atoms with Crippen LogP contribution in [0.2, 0.25) is 5.02 Å². The number of rotatable bonds is 5. The summed E-state index contributed by atoms with van der Waals surface area (Å²) < 4.78 is 5.35. The lowest BCUT2D eigenvalue weighted by Gasteiger charge is -2.27. The summed E-state index contributed by atoms with van der Waals surface area (Å²) in [7, 11) is 0. The Morgan fingerprint density at radius 2 is 2.00 bits per heavy atom. The van der Waals surface area contributed by atoms with Crippen LogP contribution in [-0.2, 0) is 9.53 Å². The van der Waals surface area contributed by atoms with Crippen LogP contribution in [0.15, 0.2) is 36.4 Å². The van der Waals surface area contributed by atoms with Crippen molar-refractivity contribution >= 4 is 34.8 Å². The third kappa shape index (κ3) is 4.39. The van der Waals surface area contributed by atoms with Gasteiger partial charge in [-0.3, -0.25) is 4.79 Å². The summed E-state index contributed by atoms with van der Waals surface area (Å²) in [6.45, 7) is 1.00. The van der Waals surface area contributed by atoms with E-state index in [-0.39, 0.29) is 11.8 Å². The molecule has 1 aromatic carbocycles. The number of ether oxygens (including phenoxy) is 1. The van der Waals surface area contributed by atoms with Gasteiger partial charge in [0.05, 0.1) is 11.5 Å². The Labute approximate surface area is 154 Å². The van der Waals surface area contributed by atoms with Crippen molar-refractivity contribution < 1.29 is 19.4 Å². The molecule has 5 nitrogen and oxygen atoms in total. The van der Waals surface area contributed by atoms with Crippen molar-refractivity contribution in [3.8, 4) is 10.4 Å². The first-order chi connectivity index (χ1) is 12.0. The van der Waals surface area contributed by atoms with Crippen LogP contribution in [0.3, 0.4) is 0 Å². The van der Waals surface area contributed by atoms with Gasteiger partial charge in [-0.05, 0) is 42.7 Å². The second-order valence-corrected chi connectivity index (χ2v) is 7.46. The highest BCUT2D eigenvalue weighted by Crippen LogP contribution is 2.29. The van der Waals surface area contributed by atoms with Gasteiger partial charge in [0.2, 0.25) is 0 Å². The molecular weight excluding hydrogens is 362 g/mol. The molecule has 0 spiro atoms. The van der Waals surface area contributed by atoms with E-state index in [1.807, 2.05) is 18.2 Å². The smallest absolute Gasteiger partial charge is 0.326 e. The highest BCUT2D eigenvalue weighted by atomic mass is 35.5. The lowest BCUT2D eigenvalue weighted by atomic mass is 9.93. The minimum absolute atomic E-state index is 0.203. The molecule has 0 radical (unpaired) electrons. The van der Waals surface area contributed by atoms with Gasteiger partial charge in [0, 0.05) is 22.4 Å². The van der Waals surface area contributed by atoms with Gasteiger partial charge >= 0.3 is 5.97 Å². The monoisotopic (exact) mass is 379 g/mol. The molecule has 1 aromatic heterocycles. The van der Waals surface area contributed by atoms with Crippen LogP contribution >= 0.6 is 22.9 Å². The van der Waals surface area contributed by atoms with E-state index in [1.54, 1.807) is 18.2 Å². The van der Waals surface area contributed by atoms with Crippen molar-refractivity contribution in [2.24, 2.45) is 5.92 Å². The maximum atomic E-state index is 12.5. The summed E-state index contributed by atoms with van der Waals surface area (Å²) in [6.07, 6.45) is 1.54. The van der Waals surface area contributed by atoms with E-state index in [4.69, 9.17) is 16.3 Å². The predicted octanol–water partition coefficient (Wildman–Crippen LogP) is 3.68. The van der Waals surface area contributed by atoms with Gasteiger partial charge in [0.25, 0.3) is 5.91 Å². The molecule has 132 valence electrons. The lowest BCUT2D eigenvalue weighted by molar-refractivity contribution is -0.142. The van der Waals surface area contributed by atoms with Crippen LogP contribution in [0.25, 0.3) is 10.4 Å². The lowest BCUT2D eigenvalue weighted by Crippen LogP contribution is -2.48.